The molecule has 0 radical (unpaired) electrons. The minimum atomic E-state index is -0.392. The molecule has 3 heterocycles. The van der Waals surface area contributed by atoms with Crippen LogP contribution in [0.4, 0.5) is 11.4 Å². The van der Waals surface area contributed by atoms with Gasteiger partial charge in [0.2, 0.25) is 17.7 Å². The van der Waals surface area contributed by atoms with Gasteiger partial charge in [-0.25, -0.2) is 0 Å². The Labute approximate surface area is 246 Å². The van der Waals surface area contributed by atoms with Gasteiger partial charge in [0, 0.05) is 81.6 Å². The van der Waals surface area contributed by atoms with Crippen molar-refractivity contribution in [3.8, 4) is 5.75 Å². The van der Waals surface area contributed by atoms with Crippen LogP contribution < -0.4 is 25.6 Å². The van der Waals surface area contributed by atoms with Crippen LogP contribution in [0.5, 0.6) is 5.75 Å². The summed E-state index contributed by atoms with van der Waals surface area (Å²) in [6, 6.07) is 14.8. The summed E-state index contributed by atoms with van der Waals surface area (Å²) in [6.07, 6.45) is 2.85. The second kappa shape index (κ2) is 13.7. The second-order valence-corrected chi connectivity index (χ2v) is 11.1. The molecule has 2 aromatic rings. The van der Waals surface area contributed by atoms with E-state index in [-0.39, 0.29) is 29.7 Å². The van der Waals surface area contributed by atoms with E-state index in [1.54, 1.807) is 25.3 Å². The van der Waals surface area contributed by atoms with Crippen LogP contribution in [0.2, 0.25) is 0 Å². The third-order valence-electron chi connectivity index (χ3n) is 8.34. The van der Waals surface area contributed by atoms with E-state index >= 15 is 0 Å². The smallest absolute Gasteiger partial charge is 0.251 e. The van der Waals surface area contributed by atoms with Crippen molar-refractivity contribution in [1.29, 1.82) is 0 Å². The Hall–Kier alpha value is -4.12. The largest absolute Gasteiger partial charge is 0.497 e. The summed E-state index contributed by atoms with van der Waals surface area (Å²) >= 11 is 0. The standard InChI is InChI=1S/C31H40N6O5/c1-42-26-4-2-3-22(21-26)30(40)33-24-11-15-37(16-12-24)29(39)13-14-35-17-19-36(20-18-35)25-7-5-23(6-8-25)32-27-9-10-28(38)34-31(27)41/h2-8,21,24,27,32H,9-20H2,1H3,(H,33,40)(H,34,38,41). The number of imide groups is 1. The van der Waals surface area contributed by atoms with E-state index in [4.69, 9.17) is 4.74 Å². The zero-order valence-corrected chi connectivity index (χ0v) is 24.1. The van der Waals surface area contributed by atoms with Crippen LogP contribution in [0.15, 0.2) is 48.5 Å². The number of nitrogens with zero attached hydrogens (tertiary/aromatic N) is 3. The van der Waals surface area contributed by atoms with Gasteiger partial charge in [-0.3, -0.25) is 29.4 Å². The number of ether oxygens (including phenoxy) is 1. The lowest BCUT2D eigenvalue weighted by atomic mass is 10.0. The molecule has 0 bridgehead atoms. The number of nitrogens with one attached hydrogen (secondary N) is 3. The van der Waals surface area contributed by atoms with Crippen molar-refractivity contribution >= 4 is 35.0 Å². The van der Waals surface area contributed by atoms with Gasteiger partial charge in [0.05, 0.1) is 7.11 Å². The van der Waals surface area contributed by atoms with Crippen LogP contribution in [0.1, 0.15) is 42.5 Å². The van der Waals surface area contributed by atoms with Crippen molar-refractivity contribution < 1.29 is 23.9 Å². The lowest BCUT2D eigenvalue weighted by molar-refractivity contribution is -0.134. The molecular formula is C31H40N6O5. The zero-order chi connectivity index (χ0) is 29.5. The Morgan fingerprint density at radius 1 is 0.952 bits per heavy atom. The van der Waals surface area contributed by atoms with Crippen molar-refractivity contribution in [2.45, 2.75) is 44.2 Å². The number of rotatable bonds is 9. The van der Waals surface area contributed by atoms with E-state index in [1.807, 2.05) is 23.1 Å². The quantitative estimate of drug-likeness (QED) is 0.387. The number of hydrogen-bond acceptors (Lipinski definition) is 8. The number of carbonyl (C=O) groups is 4. The summed E-state index contributed by atoms with van der Waals surface area (Å²) in [6.45, 7) is 5.60. The summed E-state index contributed by atoms with van der Waals surface area (Å²) in [5, 5.41) is 8.68. The summed E-state index contributed by atoms with van der Waals surface area (Å²) < 4.78 is 5.21. The zero-order valence-electron chi connectivity index (χ0n) is 24.1. The molecule has 224 valence electrons. The molecule has 3 fully saturated rings. The van der Waals surface area contributed by atoms with E-state index in [9.17, 15) is 19.2 Å². The molecule has 0 spiro atoms. The first-order chi connectivity index (χ1) is 20.4. The number of piperidine rings is 2. The van der Waals surface area contributed by atoms with Crippen LogP contribution in [-0.4, -0.2) is 98.4 Å². The fraction of sp³-hybridized carbons (Fsp3) is 0.484. The van der Waals surface area contributed by atoms with Gasteiger partial charge in [-0.2, -0.15) is 0 Å². The monoisotopic (exact) mass is 576 g/mol. The average molecular weight is 577 g/mol. The molecule has 11 nitrogen and oxygen atoms in total. The maximum atomic E-state index is 12.9. The van der Waals surface area contributed by atoms with E-state index in [0.717, 1.165) is 56.9 Å². The molecule has 0 aromatic heterocycles. The Morgan fingerprint density at radius 3 is 2.38 bits per heavy atom. The van der Waals surface area contributed by atoms with Gasteiger partial charge in [-0.15, -0.1) is 0 Å². The molecule has 3 N–H and O–H groups in total. The minimum absolute atomic E-state index is 0.0584. The average Bonchev–Trinajstić information content (AvgIpc) is 3.02. The molecule has 11 heteroatoms. The number of hydrogen-bond donors (Lipinski definition) is 3. The molecule has 3 aliphatic rings. The Bertz CT molecular complexity index is 1270. The summed E-state index contributed by atoms with van der Waals surface area (Å²) in [4.78, 5) is 55.5. The number of amides is 4. The molecule has 0 aliphatic carbocycles. The summed E-state index contributed by atoms with van der Waals surface area (Å²) in [7, 11) is 1.58. The van der Waals surface area contributed by atoms with Gasteiger partial charge in [0.1, 0.15) is 11.8 Å². The van der Waals surface area contributed by atoms with Gasteiger partial charge >= 0.3 is 0 Å². The SMILES string of the molecule is COc1cccc(C(=O)NC2CCN(C(=O)CCN3CCN(c4ccc(NC5CCC(=O)NC5=O)cc4)CC3)CC2)c1. The van der Waals surface area contributed by atoms with Crippen LogP contribution in [0.3, 0.4) is 0 Å². The maximum absolute atomic E-state index is 12.9. The molecule has 1 atom stereocenters. The molecule has 5 rings (SSSR count). The fourth-order valence-corrected chi connectivity index (χ4v) is 5.75. The van der Waals surface area contributed by atoms with Crippen LogP contribution in [0.25, 0.3) is 0 Å². The van der Waals surface area contributed by atoms with Crippen molar-refractivity contribution in [3.05, 3.63) is 54.1 Å². The maximum Gasteiger partial charge on any atom is 0.251 e. The number of carbonyl (C=O) groups excluding carboxylic acids is 4. The summed E-state index contributed by atoms with van der Waals surface area (Å²) in [5.74, 6) is 0.222. The molecule has 3 aliphatic heterocycles. The normalized spacial score (nSPS) is 20.2. The lowest BCUT2D eigenvalue weighted by Crippen LogP contribution is -2.49. The first-order valence-electron chi connectivity index (χ1n) is 14.8. The van der Waals surface area contributed by atoms with Crippen molar-refractivity contribution in [3.63, 3.8) is 0 Å². The van der Waals surface area contributed by atoms with Gasteiger partial charge in [0.25, 0.3) is 5.91 Å². The van der Waals surface area contributed by atoms with Crippen LogP contribution in [-0.2, 0) is 14.4 Å². The van der Waals surface area contributed by atoms with E-state index < -0.39 is 6.04 Å². The Balaban J connectivity index is 0.989. The Kier molecular flexibility index (Phi) is 9.58. The number of anilines is 2. The molecule has 3 saturated heterocycles. The van der Waals surface area contributed by atoms with Gasteiger partial charge in [0.15, 0.2) is 0 Å². The lowest BCUT2D eigenvalue weighted by Gasteiger charge is -2.37. The second-order valence-electron chi connectivity index (χ2n) is 11.1. The summed E-state index contributed by atoms with van der Waals surface area (Å²) in [5.41, 5.74) is 2.56. The molecule has 42 heavy (non-hydrogen) atoms. The van der Waals surface area contributed by atoms with Gasteiger partial charge in [-0.1, -0.05) is 6.07 Å². The van der Waals surface area contributed by atoms with Crippen LogP contribution >= 0.6 is 0 Å². The van der Waals surface area contributed by atoms with Crippen molar-refractivity contribution in [2.24, 2.45) is 0 Å². The first-order valence-corrected chi connectivity index (χ1v) is 14.8. The van der Waals surface area contributed by atoms with Crippen molar-refractivity contribution in [2.75, 3.05) is 63.1 Å². The number of likely N-dealkylation sites (tertiary alicyclic amines) is 1. The van der Waals surface area contributed by atoms with E-state index in [2.05, 4.69) is 37.9 Å². The highest BCUT2D eigenvalue weighted by molar-refractivity contribution is 6.01. The highest BCUT2D eigenvalue weighted by atomic mass is 16.5. The third kappa shape index (κ3) is 7.58. The highest BCUT2D eigenvalue weighted by Crippen LogP contribution is 2.22. The van der Waals surface area contributed by atoms with Crippen molar-refractivity contribution in [1.82, 2.24) is 20.4 Å². The molecule has 2 aromatic carbocycles. The minimum Gasteiger partial charge on any atom is -0.497 e. The highest BCUT2D eigenvalue weighted by Gasteiger charge is 2.27. The fourth-order valence-electron chi connectivity index (χ4n) is 5.75. The van der Waals surface area contributed by atoms with Crippen LogP contribution in [0, 0.1) is 0 Å². The Morgan fingerprint density at radius 2 is 1.69 bits per heavy atom. The predicted octanol–water partition coefficient (Wildman–Crippen LogP) is 1.85. The van der Waals surface area contributed by atoms with E-state index in [1.165, 1.54) is 0 Å². The molecule has 1 unspecified atom stereocenters. The first kappa shape index (κ1) is 29.4. The molecular weight excluding hydrogens is 536 g/mol. The third-order valence-corrected chi connectivity index (χ3v) is 8.34. The van der Waals surface area contributed by atoms with E-state index in [0.29, 0.717) is 43.7 Å². The topological polar surface area (TPSA) is 123 Å². The molecule has 0 saturated carbocycles. The predicted molar refractivity (Wildman–Crippen MR) is 160 cm³/mol. The number of methoxy groups -OCH3 is 1. The number of piperazine rings is 1. The van der Waals surface area contributed by atoms with Gasteiger partial charge in [-0.05, 0) is 61.7 Å². The van der Waals surface area contributed by atoms with Gasteiger partial charge < -0.3 is 25.2 Å². The number of benzene rings is 2. The molecule has 4 amide bonds.